The maximum absolute atomic E-state index is 5.37. The minimum Gasteiger partial charge on any atom is -0.497 e. The molecule has 0 fully saturated rings. The van der Waals surface area contributed by atoms with Crippen LogP contribution >= 0.6 is 12.2 Å². The Balaban J connectivity index is 1.86. The van der Waals surface area contributed by atoms with E-state index in [4.69, 9.17) is 17.0 Å². The number of fused-ring (bicyclic) bond motifs is 1. The average Bonchev–Trinajstić information content (AvgIpc) is 2.81. The van der Waals surface area contributed by atoms with Gasteiger partial charge >= 0.3 is 0 Å². The summed E-state index contributed by atoms with van der Waals surface area (Å²) in [7, 11) is 1.68. The van der Waals surface area contributed by atoms with E-state index >= 15 is 0 Å². The number of pyridine rings is 1. The average molecular weight is 285 g/mol. The van der Waals surface area contributed by atoms with Crippen molar-refractivity contribution in [3.05, 3.63) is 53.1 Å². The Bertz CT molecular complexity index is 791. The molecular formula is C15H15N3OS. The van der Waals surface area contributed by atoms with Crippen LogP contribution in [0.25, 0.3) is 11.0 Å². The fourth-order valence-corrected chi connectivity index (χ4v) is 2.60. The van der Waals surface area contributed by atoms with E-state index in [9.17, 15) is 0 Å². The molecule has 1 aromatic carbocycles. The number of H-pyrrole nitrogens is 1. The molecule has 2 aromatic heterocycles. The van der Waals surface area contributed by atoms with Gasteiger partial charge in [-0.25, -0.2) is 0 Å². The van der Waals surface area contributed by atoms with E-state index in [0.717, 1.165) is 34.5 Å². The molecule has 4 nitrogen and oxygen atoms in total. The van der Waals surface area contributed by atoms with Crippen LogP contribution < -0.4 is 4.74 Å². The zero-order valence-electron chi connectivity index (χ0n) is 11.2. The smallest absolute Gasteiger partial charge is 0.178 e. The van der Waals surface area contributed by atoms with Gasteiger partial charge in [-0.05, 0) is 42.4 Å². The van der Waals surface area contributed by atoms with Crippen LogP contribution in [0.1, 0.15) is 5.56 Å². The van der Waals surface area contributed by atoms with E-state index in [1.54, 1.807) is 19.5 Å². The molecule has 1 N–H and O–H groups in total. The number of imidazole rings is 1. The molecule has 2 heterocycles. The summed E-state index contributed by atoms with van der Waals surface area (Å²) in [5.41, 5.74) is 3.30. The molecule has 0 unspecified atom stereocenters. The molecule has 0 atom stereocenters. The molecule has 0 bridgehead atoms. The number of ether oxygens (including phenoxy) is 1. The van der Waals surface area contributed by atoms with Gasteiger partial charge in [0.05, 0.1) is 24.3 Å². The zero-order valence-corrected chi connectivity index (χ0v) is 12.0. The van der Waals surface area contributed by atoms with E-state index in [0.29, 0.717) is 0 Å². The number of aromatic amines is 1. The fourth-order valence-electron chi connectivity index (χ4n) is 2.30. The highest BCUT2D eigenvalue weighted by atomic mass is 32.1. The van der Waals surface area contributed by atoms with Gasteiger partial charge in [-0.15, -0.1) is 0 Å². The lowest BCUT2D eigenvalue weighted by atomic mass is 10.1. The minimum atomic E-state index is 0.732. The summed E-state index contributed by atoms with van der Waals surface area (Å²) in [6, 6.07) is 10.1. The Labute approximate surface area is 122 Å². The fraction of sp³-hybridized carbons (Fsp3) is 0.200. The number of nitrogens with one attached hydrogen (secondary N) is 1. The first-order valence-electron chi connectivity index (χ1n) is 6.43. The molecule has 5 heteroatoms. The topological polar surface area (TPSA) is 42.8 Å². The van der Waals surface area contributed by atoms with E-state index in [-0.39, 0.29) is 0 Å². The highest BCUT2D eigenvalue weighted by Crippen LogP contribution is 2.16. The Morgan fingerprint density at radius 1 is 1.35 bits per heavy atom. The van der Waals surface area contributed by atoms with Crippen molar-refractivity contribution >= 4 is 23.3 Å². The summed E-state index contributed by atoms with van der Waals surface area (Å²) in [6.07, 6.45) is 4.49. The molecule has 20 heavy (non-hydrogen) atoms. The van der Waals surface area contributed by atoms with E-state index in [1.807, 2.05) is 18.2 Å². The van der Waals surface area contributed by atoms with Crippen LogP contribution in [0.5, 0.6) is 5.75 Å². The van der Waals surface area contributed by atoms with Crippen molar-refractivity contribution in [3.63, 3.8) is 0 Å². The molecule has 0 saturated heterocycles. The van der Waals surface area contributed by atoms with E-state index in [2.05, 4.69) is 26.7 Å². The molecule has 3 aromatic rings. The second-order valence-corrected chi connectivity index (χ2v) is 4.96. The minimum absolute atomic E-state index is 0.732. The molecule has 0 aliphatic rings. The van der Waals surface area contributed by atoms with Gasteiger partial charge in [0.1, 0.15) is 5.75 Å². The maximum Gasteiger partial charge on any atom is 0.178 e. The first kappa shape index (κ1) is 12.9. The van der Waals surface area contributed by atoms with Gasteiger partial charge < -0.3 is 14.3 Å². The molecule has 0 aliphatic carbocycles. The van der Waals surface area contributed by atoms with Crippen LogP contribution in [0.15, 0.2) is 42.7 Å². The Hall–Kier alpha value is -2.14. The van der Waals surface area contributed by atoms with Crippen LogP contribution in [0.4, 0.5) is 0 Å². The van der Waals surface area contributed by atoms with Crippen molar-refractivity contribution in [2.45, 2.75) is 13.0 Å². The van der Waals surface area contributed by atoms with Crippen LogP contribution in [0.2, 0.25) is 0 Å². The number of nitrogens with zero attached hydrogens (tertiary/aromatic N) is 2. The second kappa shape index (κ2) is 5.46. The molecule has 0 radical (unpaired) electrons. The van der Waals surface area contributed by atoms with Crippen molar-refractivity contribution in [1.82, 2.24) is 14.5 Å². The number of hydrogen-bond acceptors (Lipinski definition) is 3. The molecule has 0 saturated carbocycles. The summed E-state index contributed by atoms with van der Waals surface area (Å²) in [5.74, 6) is 0.884. The Kier molecular flexibility index (Phi) is 3.52. The van der Waals surface area contributed by atoms with Gasteiger partial charge in [0.15, 0.2) is 4.77 Å². The summed E-state index contributed by atoms with van der Waals surface area (Å²) in [5, 5.41) is 0. The van der Waals surface area contributed by atoms with Gasteiger partial charge in [-0.3, -0.25) is 4.98 Å². The second-order valence-electron chi connectivity index (χ2n) is 4.58. The predicted octanol–water partition coefficient (Wildman–Crippen LogP) is 3.35. The number of rotatable bonds is 4. The highest BCUT2D eigenvalue weighted by Gasteiger charge is 2.04. The summed E-state index contributed by atoms with van der Waals surface area (Å²) >= 11 is 5.37. The number of methoxy groups -OCH3 is 1. The molecule has 3 rings (SSSR count). The van der Waals surface area contributed by atoms with Crippen molar-refractivity contribution < 1.29 is 4.74 Å². The molecular weight excluding hydrogens is 270 g/mol. The Morgan fingerprint density at radius 3 is 3.10 bits per heavy atom. The van der Waals surface area contributed by atoms with Crippen LogP contribution in [-0.4, -0.2) is 21.6 Å². The van der Waals surface area contributed by atoms with Crippen molar-refractivity contribution in [2.24, 2.45) is 0 Å². The van der Waals surface area contributed by atoms with Crippen LogP contribution in [-0.2, 0) is 13.0 Å². The van der Waals surface area contributed by atoms with Gasteiger partial charge in [0.2, 0.25) is 0 Å². The normalized spacial score (nSPS) is 10.8. The lowest BCUT2D eigenvalue weighted by Crippen LogP contribution is -2.01. The monoisotopic (exact) mass is 285 g/mol. The van der Waals surface area contributed by atoms with Crippen molar-refractivity contribution in [1.29, 1.82) is 0 Å². The molecule has 102 valence electrons. The SMILES string of the molecule is COc1cccc(CCn2c(=S)[nH]c3cnccc32)c1. The lowest BCUT2D eigenvalue weighted by molar-refractivity contribution is 0.414. The van der Waals surface area contributed by atoms with Gasteiger partial charge in [-0.2, -0.15) is 0 Å². The number of hydrogen-bond donors (Lipinski definition) is 1. The summed E-state index contributed by atoms with van der Waals surface area (Å²) in [6.45, 7) is 0.829. The third kappa shape index (κ3) is 2.44. The quantitative estimate of drug-likeness (QED) is 0.748. The zero-order chi connectivity index (χ0) is 13.9. The highest BCUT2D eigenvalue weighted by molar-refractivity contribution is 7.71. The standard InChI is InChI=1S/C15H15N3OS/c1-19-12-4-2-3-11(9-12)6-8-18-14-5-7-16-10-13(14)17-15(18)20/h2-5,7,9-10H,6,8H2,1H3,(H,17,20). The van der Waals surface area contributed by atoms with Crippen molar-refractivity contribution in [2.75, 3.05) is 7.11 Å². The molecule has 0 amide bonds. The Morgan fingerprint density at radius 2 is 2.25 bits per heavy atom. The number of benzene rings is 1. The van der Waals surface area contributed by atoms with E-state index < -0.39 is 0 Å². The van der Waals surface area contributed by atoms with Crippen LogP contribution in [0, 0.1) is 4.77 Å². The summed E-state index contributed by atoms with van der Waals surface area (Å²) < 4.78 is 8.08. The van der Waals surface area contributed by atoms with E-state index in [1.165, 1.54) is 5.56 Å². The van der Waals surface area contributed by atoms with Crippen LogP contribution in [0.3, 0.4) is 0 Å². The third-order valence-corrected chi connectivity index (χ3v) is 3.66. The third-order valence-electron chi connectivity index (χ3n) is 3.33. The first-order chi connectivity index (χ1) is 9.78. The largest absolute Gasteiger partial charge is 0.497 e. The maximum atomic E-state index is 5.37. The van der Waals surface area contributed by atoms with Gasteiger partial charge in [-0.1, -0.05) is 12.1 Å². The molecule has 0 aliphatic heterocycles. The van der Waals surface area contributed by atoms with Gasteiger partial charge in [0, 0.05) is 12.7 Å². The summed E-state index contributed by atoms with van der Waals surface area (Å²) in [4.78, 5) is 7.28. The van der Waals surface area contributed by atoms with Gasteiger partial charge in [0.25, 0.3) is 0 Å². The predicted molar refractivity (Wildman–Crippen MR) is 81.6 cm³/mol. The number of aryl methyl sites for hydroxylation is 2. The van der Waals surface area contributed by atoms with Crippen molar-refractivity contribution in [3.8, 4) is 5.75 Å². The lowest BCUT2D eigenvalue weighted by Gasteiger charge is -2.06. The first-order valence-corrected chi connectivity index (χ1v) is 6.84. The molecule has 0 spiro atoms. The number of aromatic nitrogens is 3.